The van der Waals surface area contributed by atoms with E-state index in [1.807, 2.05) is 82.0 Å². The molecule has 0 aliphatic heterocycles. The molecule has 0 radical (unpaired) electrons. The quantitative estimate of drug-likeness (QED) is 0.760. The minimum absolute atomic E-state index is 0.0467. The van der Waals surface area contributed by atoms with Crippen LogP contribution in [0.25, 0.3) is 0 Å². The van der Waals surface area contributed by atoms with Crippen LogP contribution in [0.1, 0.15) is 43.0 Å². The molecule has 0 spiro atoms. The fourth-order valence-corrected chi connectivity index (χ4v) is 3.51. The highest BCUT2D eigenvalue weighted by atomic mass is 16.2. The van der Waals surface area contributed by atoms with Crippen molar-refractivity contribution < 1.29 is 9.59 Å². The highest BCUT2D eigenvalue weighted by molar-refractivity contribution is 5.98. The van der Waals surface area contributed by atoms with Crippen LogP contribution in [0.4, 0.5) is 5.69 Å². The lowest BCUT2D eigenvalue weighted by molar-refractivity contribution is -0.133. The maximum Gasteiger partial charge on any atom is 0.243 e. The number of carbonyl (C=O) groups is 2. The third-order valence-corrected chi connectivity index (χ3v) is 4.72. The van der Waals surface area contributed by atoms with E-state index < -0.39 is 0 Å². The lowest BCUT2D eigenvalue weighted by atomic mass is 10.0. The number of amides is 2. The zero-order valence-electron chi connectivity index (χ0n) is 17.2. The van der Waals surface area contributed by atoms with Gasteiger partial charge >= 0.3 is 0 Å². The van der Waals surface area contributed by atoms with Crippen molar-refractivity contribution in [2.24, 2.45) is 0 Å². The van der Waals surface area contributed by atoms with Crippen LogP contribution in [0.15, 0.2) is 42.5 Å². The van der Waals surface area contributed by atoms with E-state index in [1.54, 1.807) is 4.90 Å². The Hall–Kier alpha value is -2.62. The third-order valence-electron chi connectivity index (χ3n) is 4.72. The number of nitrogens with zero attached hydrogens (tertiary/aromatic N) is 2. The molecule has 2 amide bonds. The Kier molecular flexibility index (Phi) is 6.78. The average Bonchev–Trinajstić information content (AvgIpc) is 2.58. The van der Waals surface area contributed by atoms with E-state index in [0.29, 0.717) is 6.54 Å². The van der Waals surface area contributed by atoms with Crippen LogP contribution in [0, 0.1) is 20.8 Å². The fourth-order valence-electron chi connectivity index (χ4n) is 3.51. The Morgan fingerprint density at radius 3 is 2.00 bits per heavy atom. The number of aryl methyl sites for hydroxylation is 3. The van der Waals surface area contributed by atoms with Crippen molar-refractivity contribution in [2.75, 3.05) is 11.4 Å². The second-order valence-electron chi connectivity index (χ2n) is 7.45. The molecule has 0 unspecified atom stereocenters. The summed E-state index contributed by atoms with van der Waals surface area (Å²) in [5.41, 5.74) is 5.09. The van der Waals surface area contributed by atoms with Gasteiger partial charge in [0.1, 0.15) is 6.54 Å². The highest BCUT2D eigenvalue weighted by Gasteiger charge is 2.24. The number of carbonyl (C=O) groups excluding carboxylic acids is 2. The molecular weight excluding hydrogens is 336 g/mol. The van der Waals surface area contributed by atoms with Crippen molar-refractivity contribution in [3.63, 3.8) is 0 Å². The summed E-state index contributed by atoms with van der Waals surface area (Å²) in [6.07, 6.45) is 0. The van der Waals surface area contributed by atoms with Crippen molar-refractivity contribution in [2.45, 2.75) is 54.1 Å². The molecular formula is C23H30N2O2. The molecule has 0 bridgehead atoms. The lowest BCUT2D eigenvalue weighted by Gasteiger charge is -2.31. The van der Waals surface area contributed by atoms with Crippen LogP contribution in [-0.4, -0.2) is 29.3 Å². The normalized spacial score (nSPS) is 10.8. The molecule has 2 rings (SSSR count). The van der Waals surface area contributed by atoms with E-state index in [2.05, 4.69) is 0 Å². The third kappa shape index (κ3) is 5.19. The molecule has 0 fully saturated rings. The summed E-state index contributed by atoms with van der Waals surface area (Å²) >= 11 is 0. The van der Waals surface area contributed by atoms with Crippen LogP contribution in [0.3, 0.4) is 0 Å². The summed E-state index contributed by atoms with van der Waals surface area (Å²) in [6.45, 7) is 12.1. The van der Waals surface area contributed by atoms with Gasteiger partial charge in [0.05, 0.1) is 5.69 Å². The average molecular weight is 367 g/mol. The van der Waals surface area contributed by atoms with Gasteiger partial charge in [-0.3, -0.25) is 9.59 Å². The first-order valence-corrected chi connectivity index (χ1v) is 9.40. The molecule has 0 heterocycles. The Labute approximate surface area is 162 Å². The summed E-state index contributed by atoms with van der Waals surface area (Å²) in [5.74, 6) is -0.176. The summed E-state index contributed by atoms with van der Waals surface area (Å²) < 4.78 is 0. The molecule has 0 aromatic heterocycles. The van der Waals surface area contributed by atoms with Gasteiger partial charge in [-0.25, -0.2) is 0 Å². The molecule has 0 atom stereocenters. The van der Waals surface area contributed by atoms with E-state index in [9.17, 15) is 9.59 Å². The van der Waals surface area contributed by atoms with Crippen LogP contribution < -0.4 is 4.90 Å². The minimum atomic E-state index is -0.123. The summed E-state index contributed by atoms with van der Waals surface area (Å²) in [6, 6.07) is 14.1. The van der Waals surface area contributed by atoms with Crippen molar-refractivity contribution in [1.29, 1.82) is 0 Å². The second-order valence-corrected chi connectivity index (χ2v) is 7.45. The van der Waals surface area contributed by atoms with Gasteiger partial charge in [0.25, 0.3) is 0 Å². The van der Waals surface area contributed by atoms with Gasteiger partial charge in [-0.15, -0.1) is 0 Å². The van der Waals surface area contributed by atoms with Gasteiger partial charge in [-0.2, -0.15) is 0 Å². The number of hydrogen-bond acceptors (Lipinski definition) is 2. The van der Waals surface area contributed by atoms with E-state index in [-0.39, 0.29) is 24.4 Å². The highest BCUT2D eigenvalue weighted by Crippen LogP contribution is 2.27. The molecule has 144 valence electrons. The van der Waals surface area contributed by atoms with Crippen molar-refractivity contribution in [3.8, 4) is 0 Å². The molecule has 2 aromatic rings. The topological polar surface area (TPSA) is 40.6 Å². The van der Waals surface area contributed by atoms with Crippen LogP contribution >= 0.6 is 0 Å². The van der Waals surface area contributed by atoms with E-state index in [1.165, 1.54) is 6.92 Å². The largest absolute Gasteiger partial charge is 0.334 e. The van der Waals surface area contributed by atoms with E-state index in [4.69, 9.17) is 0 Å². The summed E-state index contributed by atoms with van der Waals surface area (Å²) in [7, 11) is 0. The minimum Gasteiger partial charge on any atom is -0.334 e. The molecule has 4 heteroatoms. The molecule has 0 saturated carbocycles. The SMILES string of the molecule is CC(=O)N(CC(=O)N(Cc1ccccc1)C(C)C)c1c(C)cc(C)cc1C. The van der Waals surface area contributed by atoms with E-state index >= 15 is 0 Å². The molecule has 2 aromatic carbocycles. The van der Waals surface area contributed by atoms with Crippen molar-refractivity contribution in [1.82, 2.24) is 4.90 Å². The van der Waals surface area contributed by atoms with Gasteiger partial charge in [0.2, 0.25) is 11.8 Å². The molecule has 27 heavy (non-hydrogen) atoms. The van der Waals surface area contributed by atoms with Crippen LogP contribution in [0.2, 0.25) is 0 Å². The van der Waals surface area contributed by atoms with Gasteiger partial charge in [0, 0.05) is 19.5 Å². The van der Waals surface area contributed by atoms with Gasteiger partial charge in [0.15, 0.2) is 0 Å². The maximum absolute atomic E-state index is 13.1. The summed E-state index contributed by atoms with van der Waals surface area (Å²) in [4.78, 5) is 28.9. The zero-order chi connectivity index (χ0) is 20.1. The first-order valence-electron chi connectivity index (χ1n) is 9.40. The predicted molar refractivity (Wildman–Crippen MR) is 111 cm³/mol. The second kappa shape index (κ2) is 8.85. The Balaban J connectivity index is 2.29. The smallest absolute Gasteiger partial charge is 0.243 e. The molecule has 0 aliphatic carbocycles. The Morgan fingerprint density at radius 2 is 1.52 bits per heavy atom. The number of rotatable bonds is 6. The fraction of sp³-hybridized carbons (Fsp3) is 0.391. The van der Waals surface area contributed by atoms with Crippen LogP contribution in [0.5, 0.6) is 0 Å². The molecule has 4 nitrogen and oxygen atoms in total. The van der Waals surface area contributed by atoms with Gasteiger partial charge in [-0.05, 0) is 51.3 Å². The molecule has 0 aliphatic rings. The van der Waals surface area contributed by atoms with Gasteiger partial charge < -0.3 is 9.80 Å². The zero-order valence-corrected chi connectivity index (χ0v) is 17.2. The standard InChI is InChI=1S/C23H30N2O2/c1-16(2)24(14-21-10-8-7-9-11-21)22(27)15-25(20(6)26)23-18(4)12-17(3)13-19(23)5/h7-13,16H,14-15H2,1-6H3. The summed E-state index contributed by atoms with van der Waals surface area (Å²) in [5, 5.41) is 0. The van der Waals surface area contributed by atoms with Crippen molar-refractivity contribution in [3.05, 3.63) is 64.7 Å². The van der Waals surface area contributed by atoms with E-state index in [0.717, 1.165) is 27.9 Å². The first kappa shape index (κ1) is 20.7. The molecule has 0 saturated heterocycles. The van der Waals surface area contributed by atoms with Crippen LogP contribution in [-0.2, 0) is 16.1 Å². The predicted octanol–water partition coefficient (Wildman–Crippen LogP) is 4.40. The number of anilines is 1. The number of benzene rings is 2. The van der Waals surface area contributed by atoms with Crippen molar-refractivity contribution >= 4 is 17.5 Å². The maximum atomic E-state index is 13.1. The molecule has 0 N–H and O–H groups in total. The Bertz CT molecular complexity index is 789. The van der Waals surface area contributed by atoms with Gasteiger partial charge in [-0.1, -0.05) is 48.0 Å². The number of hydrogen-bond donors (Lipinski definition) is 0. The first-order chi connectivity index (χ1) is 12.7. The Morgan fingerprint density at radius 1 is 0.963 bits per heavy atom. The lowest BCUT2D eigenvalue weighted by Crippen LogP contribution is -2.45. The monoisotopic (exact) mass is 366 g/mol.